The molecule has 1 nitrogen and oxygen atoms in total. The second kappa shape index (κ2) is 5.42. The van der Waals surface area contributed by atoms with E-state index in [1.165, 1.54) is 0 Å². The fraction of sp³-hybridized carbons (Fsp3) is 0.231. The molecule has 0 bridgehead atoms. The van der Waals surface area contributed by atoms with Crippen LogP contribution in [0.2, 0.25) is 0 Å². The zero-order valence-corrected chi connectivity index (χ0v) is 12.7. The third kappa shape index (κ3) is 2.84. The summed E-state index contributed by atoms with van der Waals surface area (Å²) >= 11 is 11.6. The van der Waals surface area contributed by atoms with Crippen LogP contribution >= 0.6 is 38.9 Å². The Morgan fingerprint density at radius 2 is 2.06 bits per heavy atom. The van der Waals surface area contributed by atoms with Gasteiger partial charge in [-0.2, -0.15) is 0 Å². The molecule has 1 atom stereocenters. The number of methoxy groups -OCH3 is 1. The number of rotatable bonds is 3. The summed E-state index contributed by atoms with van der Waals surface area (Å²) in [4.78, 5) is 1.14. The SMILES string of the molecule is COc1ccc(C(Cl)c2ccc(Br)s2)cc1C. The third-order valence-corrected chi connectivity index (χ3v) is 4.86. The van der Waals surface area contributed by atoms with Crippen molar-refractivity contribution in [3.05, 3.63) is 50.1 Å². The Morgan fingerprint density at radius 3 is 2.59 bits per heavy atom. The summed E-state index contributed by atoms with van der Waals surface area (Å²) in [5, 5.41) is -0.101. The molecule has 0 aliphatic heterocycles. The number of hydrogen-bond acceptors (Lipinski definition) is 2. The van der Waals surface area contributed by atoms with Crippen LogP contribution in [-0.2, 0) is 0 Å². The fourth-order valence-electron chi connectivity index (χ4n) is 1.69. The van der Waals surface area contributed by atoms with Crippen molar-refractivity contribution < 1.29 is 4.74 Å². The van der Waals surface area contributed by atoms with Crippen LogP contribution in [-0.4, -0.2) is 7.11 Å². The molecule has 90 valence electrons. The summed E-state index contributed by atoms with van der Waals surface area (Å²) in [5.74, 6) is 0.893. The van der Waals surface area contributed by atoms with Crippen LogP contribution in [0.25, 0.3) is 0 Å². The largest absolute Gasteiger partial charge is 0.496 e. The number of benzene rings is 1. The molecular weight excluding hydrogens is 320 g/mol. The lowest BCUT2D eigenvalue weighted by atomic mass is 10.1. The van der Waals surface area contributed by atoms with Gasteiger partial charge in [0.2, 0.25) is 0 Å². The maximum atomic E-state index is 6.46. The Hall–Kier alpha value is -0.510. The van der Waals surface area contributed by atoms with Crippen molar-refractivity contribution in [2.24, 2.45) is 0 Å². The van der Waals surface area contributed by atoms with Gasteiger partial charge in [-0.3, -0.25) is 0 Å². The van der Waals surface area contributed by atoms with E-state index in [2.05, 4.69) is 22.0 Å². The molecule has 0 N–H and O–H groups in total. The quantitative estimate of drug-likeness (QED) is 0.706. The Kier molecular flexibility index (Phi) is 4.13. The van der Waals surface area contributed by atoms with Crippen molar-refractivity contribution in [2.75, 3.05) is 7.11 Å². The number of hydrogen-bond donors (Lipinski definition) is 0. The molecule has 0 aliphatic rings. The summed E-state index contributed by atoms with van der Waals surface area (Å²) in [6.45, 7) is 2.02. The molecule has 1 unspecified atom stereocenters. The lowest BCUT2D eigenvalue weighted by molar-refractivity contribution is 0.411. The summed E-state index contributed by atoms with van der Waals surface area (Å²) < 4.78 is 6.34. The van der Waals surface area contributed by atoms with Gasteiger partial charge in [-0.15, -0.1) is 22.9 Å². The first-order valence-electron chi connectivity index (χ1n) is 5.15. The topological polar surface area (TPSA) is 9.23 Å². The second-order valence-electron chi connectivity index (χ2n) is 3.73. The number of halogens is 2. The van der Waals surface area contributed by atoms with Gasteiger partial charge < -0.3 is 4.74 Å². The van der Waals surface area contributed by atoms with Gasteiger partial charge in [0, 0.05) is 4.88 Å². The van der Waals surface area contributed by atoms with Gasteiger partial charge in [-0.25, -0.2) is 0 Å². The van der Waals surface area contributed by atoms with Crippen molar-refractivity contribution in [3.8, 4) is 5.75 Å². The maximum Gasteiger partial charge on any atom is 0.121 e. The van der Waals surface area contributed by atoms with Crippen molar-refractivity contribution in [1.82, 2.24) is 0 Å². The highest BCUT2D eigenvalue weighted by Crippen LogP contribution is 2.36. The van der Waals surface area contributed by atoms with E-state index < -0.39 is 0 Å². The number of thiophene rings is 1. The van der Waals surface area contributed by atoms with E-state index in [0.717, 1.165) is 25.5 Å². The van der Waals surface area contributed by atoms with Gasteiger partial charge in [-0.05, 0) is 52.2 Å². The van der Waals surface area contributed by atoms with Crippen molar-refractivity contribution in [3.63, 3.8) is 0 Å². The average molecular weight is 332 g/mol. The van der Waals surface area contributed by atoms with Gasteiger partial charge in [0.1, 0.15) is 5.75 Å². The number of aryl methyl sites for hydroxylation is 1. The molecule has 0 fully saturated rings. The minimum atomic E-state index is -0.101. The van der Waals surface area contributed by atoms with E-state index in [1.807, 2.05) is 31.2 Å². The molecule has 1 heterocycles. The zero-order chi connectivity index (χ0) is 12.4. The second-order valence-corrected chi connectivity index (χ2v) is 6.66. The normalized spacial score (nSPS) is 12.5. The van der Waals surface area contributed by atoms with Gasteiger partial charge in [0.05, 0.1) is 16.3 Å². The summed E-state index contributed by atoms with van der Waals surface area (Å²) in [7, 11) is 1.68. The molecule has 1 aromatic heterocycles. The van der Waals surface area contributed by atoms with Crippen LogP contribution < -0.4 is 4.74 Å². The van der Waals surface area contributed by atoms with Crippen LogP contribution in [0, 0.1) is 6.92 Å². The van der Waals surface area contributed by atoms with E-state index >= 15 is 0 Å². The van der Waals surface area contributed by atoms with E-state index in [-0.39, 0.29) is 5.38 Å². The van der Waals surface area contributed by atoms with Gasteiger partial charge in [0.25, 0.3) is 0 Å². The van der Waals surface area contributed by atoms with Crippen LogP contribution in [0.3, 0.4) is 0 Å². The molecule has 0 spiro atoms. The van der Waals surface area contributed by atoms with E-state index in [1.54, 1.807) is 18.4 Å². The number of alkyl halides is 1. The molecular formula is C13H12BrClOS. The maximum absolute atomic E-state index is 6.46. The minimum absolute atomic E-state index is 0.101. The fourth-order valence-corrected chi connectivity index (χ4v) is 3.46. The van der Waals surface area contributed by atoms with E-state index in [4.69, 9.17) is 16.3 Å². The lowest BCUT2D eigenvalue weighted by Gasteiger charge is -2.11. The molecule has 2 aromatic rings. The average Bonchev–Trinajstić information content (AvgIpc) is 2.75. The Labute approximate surface area is 119 Å². The summed E-state index contributed by atoms with van der Waals surface area (Å²) in [6.07, 6.45) is 0. The van der Waals surface area contributed by atoms with Crippen LogP contribution in [0.4, 0.5) is 0 Å². The molecule has 0 saturated carbocycles. The smallest absolute Gasteiger partial charge is 0.121 e. The molecule has 17 heavy (non-hydrogen) atoms. The first kappa shape index (κ1) is 12.9. The first-order chi connectivity index (χ1) is 8.11. The van der Waals surface area contributed by atoms with Gasteiger partial charge >= 0.3 is 0 Å². The van der Waals surface area contributed by atoms with Crippen LogP contribution in [0.1, 0.15) is 21.4 Å². The molecule has 0 amide bonds. The highest BCUT2D eigenvalue weighted by molar-refractivity contribution is 9.11. The molecule has 1 aromatic carbocycles. The van der Waals surface area contributed by atoms with Crippen LogP contribution in [0.5, 0.6) is 5.75 Å². The van der Waals surface area contributed by atoms with E-state index in [0.29, 0.717) is 0 Å². The number of ether oxygens (including phenoxy) is 1. The lowest BCUT2D eigenvalue weighted by Crippen LogP contribution is -1.93. The van der Waals surface area contributed by atoms with Gasteiger partial charge in [0.15, 0.2) is 0 Å². The van der Waals surface area contributed by atoms with E-state index in [9.17, 15) is 0 Å². The van der Waals surface area contributed by atoms with Crippen molar-refractivity contribution in [2.45, 2.75) is 12.3 Å². The molecule has 0 radical (unpaired) electrons. The van der Waals surface area contributed by atoms with Crippen molar-refractivity contribution >= 4 is 38.9 Å². The molecule has 0 saturated heterocycles. The third-order valence-electron chi connectivity index (χ3n) is 2.56. The molecule has 4 heteroatoms. The predicted octanol–water partition coefficient (Wildman–Crippen LogP) is 5.16. The van der Waals surface area contributed by atoms with Crippen molar-refractivity contribution in [1.29, 1.82) is 0 Å². The first-order valence-corrected chi connectivity index (χ1v) is 7.20. The molecule has 0 aliphatic carbocycles. The van der Waals surface area contributed by atoms with Gasteiger partial charge in [-0.1, -0.05) is 12.1 Å². The Morgan fingerprint density at radius 1 is 1.29 bits per heavy atom. The monoisotopic (exact) mass is 330 g/mol. The minimum Gasteiger partial charge on any atom is -0.496 e. The molecule has 2 rings (SSSR count). The summed E-state index contributed by atoms with van der Waals surface area (Å²) in [6, 6.07) is 10.1. The standard InChI is InChI=1S/C13H12BrClOS/c1-8-7-9(3-4-10(8)16-2)13(15)11-5-6-12(14)17-11/h3-7,13H,1-2H3. The predicted molar refractivity (Wildman–Crippen MR) is 77.4 cm³/mol. The Bertz CT molecular complexity index is 524. The zero-order valence-electron chi connectivity index (χ0n) is 9.54. The Balaban J connectivity index is 2.31. The highest BCUT2D eigenvalue weighted by Gasteiger charge is 2.14. The highest BCUT2D eigenvalue weighted by atomic mass is 79.9. The summed E-state index contributed by atoms with van der Waals surface area (Å²) in [5.41, 5.74) is 2.20. The van der Waals surface area contributed by atoms with Crippen LogP contribution in [0.15, 0.2) is 34.1 Å².